The zero-order chi connectivity index (χ0) is 17.4. The van der Waals surface area contributed by atoms with E-state index in [0.29, 0.717) is 0 Å². The fourth-order valence-electron chi connectivity index (χ4n) is 5.01. The summed E-state index contributed by atoms with van der Waals surface area (Å²) in [6.07, 6.45) is 0. The summed E-state index contributed by atoms with van der Waals surface area (Å²) < 4.78 is 0. The predicted octanol–water partition coefficient (Wildman–Crippen LogP) is 7.67. The third kappa shape index (κ3) is 5.65. The first kappa shape index (κ1) is 28.5. The fraction of sp³-hybridized carbons (Fsp3) is 0.619. The van der Waals surface area contributed by atoms with E-state index in [2.05, 4.69) is 77.3 Å². The third-order valence-electron chi connectivity index (χ3n) is 6.56. The molecule has 1 aliphatic carbocycles. The van der Waals surface area contributed by atoms with E-state index in [0.717, 1.165) is 34.5 Å². The van der Waals surface area contributed by atoms with Crippen molar-refractivity contribution in [3.8, 4) is 0 Å². The van der Waals surface area contributed by atoms with Crippen LogP contribution in [-0.2, 0) is 26.2 Å². The molecule has 26 heavy (non-hydrogen) atoms. The van der Waals surface area contributed by atoms with Crippen LogP contribution in [0.4, 0.5) is 5.69 Å². The van der Waals surface area contributed by atoms with Gasteiger partial charge in [-0.1, -0.05) is 96.6 Å². The molecule has 1 aliphatic rings. The fourth-order valence-corrected chi connectivity index (χ4v) is 14.3. The summed E-state index contributed by atoms with van der Waals surface area (Å²) in [7, 11) is -1.28. The molecule has 1 fully saturated rings. The van der Waals surface area contributed by atoms with Gasteiger partial charge in [0.15, 0.2) is 0 Å². The molecule has 0 radical (unpaired) electrons. The molecular formula is C21H40N2Si2Zr. The number of hydrogen-bond donors (Lipinski definition) is 0. The van der Waals surface area contributed by atoms with E-state index >= 15 is 0 Å². The predicted molar refractivity (Wildman–Crippen MR) is 122 cm³/mol. The summed E-state index contributed by atoms with van der Waals surface area (Å²) in [6.45, 7) is 17.3. The molecule has 0 saturated heterocycles. The Morgan fingerprint density at radius 1 is 0.731 bits per heavy atom. The Morgan fingerprint density at radius 2 is 1.15 bits per heavy atom. The molecule has 5 atom stereocenters. The maximum absolute atomic E-state index is 5.31. The standard InChI is InChI=1S/C19H34N2Si2.2CH3.Zr/c1-14-15(2)18(22(5,6)20-4)19(16(14)3)23(7,8)21-17-12-10-9-11-13-17;;;/h9-16,18-19H,1-8H3;2*1H3;/q-2;2*-1;+4. The van der Waals surface area contributed by atoms with Crippen LogP contribution in [0.2, 0.25) is 37.3 Å². The Balaban J connectivity index is 0. The van der Waals surface area contributed by atoms with Crippen molar-refractivity contribution in [1.82, 2.24) is 0 Å². The molecule has 0 spiro atoms. The van der Waals surface area contributed by atoms with E-state index in [9.17, 15) is 0 Å². The zero-order valence-corrected chi connectivity index (χ0v) is 23.1. The molecule has 0 aliphatic heterocycles. The molecule has 0 heterocycles. The second-order valence-electron chi connectivity index (χ2n) is 8.61. The van der Waals surface area contributed by atoms with Gasteiger partial charge >= 0.3 is 26.2 Å². The van der Waals surface area contributed by atoms with Gasteiger partial charge in [-0.15, -0.1) is 5.69 Å². The van der Waals surface area contributed by atoms with Gasteiger partial charge in [-0.25, -0.2) is 0 Å². The molecule has 5 heteroatoms. The maximum atomic E-state index is 5.31. The second-order valence-corrected chi connectivity index (χ2v) is 17.2. The van der Waals surface area contributed by atoms with Crippen LogP contribution in [0.1, 0.15) is 20.8 Å². The van der Waals surface area contributed by atoms with E-state index in [1.165, 1.54) is 0 Å². The molecule has 0 aromatic heterocycles. The van der Waals surface area contributed by atoms with Crippen molar-refractivity contribution in [3.05, 3.63) is 55.1 Å². The van der Waals surface area contributed by atoms with Crippen LogP contribution in [0.25, 0.3) is 9.96 Å². The molecule has 2 rings (SSSR count). The van der Waals surface area contributed by atoms with Crippen molar-refractivity contribution in [2.24, 2.45) is 17.8 Å². The van der Waals surface area contributed by atoms with Crippen molar-refractivity contribution in [2.75, 3.05) is 7.05 Å². The molecular weight excluding hydrogens is 428 g/mol. The smallest absolute Gasteiger partial charge is 0.687 e. The van der Waals surface area contributed by atoms with Crippen molar-refractivity contribution in [2.45, 2.75) is 58.0 Å². The van der Waals surface area contributed by atoms with Gasteiger partial charge < -0.3 is 24.8 Å². The quantitative estimate of drug-likeness (QED) is 0.314. The van der Waals surface area contributed by atoms with Crippen LogP contribution in [-0.4, -0.2) is 23.5 Å². The van der Waals surface area contributed by atoms with E-state index in [1.54, 1.807) is 0 Å². The van der Waals surface area contributed by atoms with Crippen LogP contribution in [0, 0.1) is 32.6 Å². The molecule has 146 valence electrons. The van der Waals surface area contributed by atoms with Crippen LogP contribution >= 0.6 is 0 Å². The van der Waals surface area contributed by atoms with Gasteiger partial charge in [0.05, 0.1) is 0 Å². The molecule has 0 N–H and O–H groups in total. The Hall–Kier alpha value is 0.297. The molecule has 0 amide bonds. The van der Waals surface area contributed by atoms with E-state index < -0.39 is 16.5 Å². The zero-order valence-electron chi connectivity index (χ0n) is 18.7. The average molecular weight is 468 g/mol. The maximum Gasteiger partial charge on any atom is 4.00 e. The van der Waals surface area contributed by atoms with Crippen molar-refractivity contribution >= 4 is 22.2 Å². The van der Waals surface area contributed by atoms with Gasteiger partial charge in [-0.3, -0.25) is 0 Å². The summed E-state index contributed by atoms with van der Waals surface area (Å²) >= 11 is 0. The van der Waals surface area contributed by atoms with Gasteiger partial charge in [0.25, 0.3) is 0 Å². The van der Waals surface area contributed by atoms with Gasteiger partial charge in [-0.2, -0.15) is 7.05 Å². The minimum atomic E-state index is -1.75. The first-order valence-corrected chi connectivity index (χ1v) is 15.1. The average Bonchev–Trinajstić information content (AvgIpc) is 2.73. The first-order valence-electron chi connectivity index (χ1n) is 9.00. The minimum absolute atomic E-state index is 0. The van der Waals surface area contributed by atoms with E-state index in [1.807, 2.05) is 7.05 Å². The summed E-state index contributed by atoms with van der Waals surface area (Å²) in [4.78, 5) is 10.2. The van der Waals surface area contributed by atoms with Crippen molar-refractivity contribution in [1.29, 1.82) is 0 Å². The Morgan fingerprint density at radius 3 is 1.58 bits per heavy atom. The van der Waals surface area contributed by atoms with Gasteiger partial charge in [0, 0.05) is 0 Å². The molecule has 1 aromatic rings. The van der Waals surface area contributed by atoms with Crippen LogP contribution < -0.4 is 0 Å². The van der Waals surface area contributed by atoms with E-state index in [4.69, 9.17) is 9.96 Å². The SMILES string of the molecule is C[N-][Si](C)(C)C1C(C)C(C)C(C)C1[Si](C)(C)[N-]c1ccccc1.[CH3-].[CH3-].[Zr+4]. The van der Waals surface area contributed by atoms with Crippen molar-refractivity contribution in [3.63, 3.8) is 0 Å². The molecule has 5 unspecified atom stereocenters. The minimum Gasteiger partial charge on any atom is -0.687 e. The Bertz CT molecular complexity index is 522. The Kier molecular flexibility index (Phi) is 11.8. The number of hydrogen-bond acceptors (Lipinski definition) is 0. The van der Waals surface area contributed by atoms with E-state index in [-0.39, 0.29) is 41.1 Å². The number of rotatable bonds is 5. The molecule has 2 nitrogen and oxygen atoms in total. The normalized spacial score (nSPS) is 28.4. The van der Waals surface area contributed by atoms with Crippen LogP contribution in [0.5, 0.6) is 0 Å². The second kappa shape index (κ2) is 10.7. The first-order chi connectivity index (χ1) is 10.6. The molecule has 1 saturated carbocycles. The number of benzene rings is 1. The monoisotopic (exact) mass is 466 g/mol. The van der Waals surface area contributed by atoms with Crippen LogP contribution in [0.15, 0.2) is 30.3 Å². The number of nitrogens with zero attached hydrogens (tertiary/aromatic N) is 2. The van der Waals surface area contributed by atoms with Gasteiger partial charge in [-0.05, 0) is 26.0 Å². The Labute approximate surface area is 185 Å². The summed E-state index contributed by atoms with van der Waals surface area (Å²) in [5.41, 5.74) is 2.65. The van der Waals surface area contributed by atoms with Crippen LogP contribution in [0.3, 0.4) is 0 Å². The third-order valence-corrected chi connectivity index (χ3v) is 13.9. The summed E-state index contributed by atoms with van der Waals surface area (Å²) in [5.74, 6) is 2.28. The largest absolute Gasteiger partial charge is 4.00 e. The molecule has 0 bridgehead atoms. The topological polar surface area (TPSA) is 28.2 Å². The van der Waals surface area contributed by atoms with Gasteiger partial charge in [0.2, 0.25) is 0 Å². The summed E-state index contributed by atoms with van der Waals surface area (Å²) in [5, 5.41) is 0. The van der Waals surface area contributed by atoms with Crippen molar-refractivity contribution < 1.29 is 26.2 Å². The van der Waals surface area contributed by atoms with Gasteiger partial charge in [0.1, 0.15) is 0 Å². The summed E-state index contributed by atoms with van der Waals surface area (Å²) in [6, 6.07) is 10.6. The molecule has 1 aromatic carbocycles.